The van der Waals surface area contributed by atoms with Gasteiger partial charge in [-0.25, -0.2) is 8.42 Å². The lowest BCUT2D eigenvalue weighted by Crippen LogP contribution is -2.19. The largest absolute Gasteiger partial charge is 0.321 e. The molecule has 3 N–H and O–H groups in total. The third-order valence-corrected chi connectivity index (χ3v) is 6.21. The molecule has 9 heteroatoms. The number of nitrogens with one attached hydrogen (secondary N) is 3. The number of anilines is 2. The summed E-state index contributed by atoms with van der Waals surface area (Å²) in [7, 11) is -4.02. The zero-order valence-electron chi connectivity index (χ0n) is 14.1. The van der Waals surface area contributed by atoms with Crippen molar-refractivity contribution < 1.29 is 22.8 Å². The van der Waals surface area contributed by atoms with E-state index in [-0.39, 0.29) is 27.6 Å². The summed E-state index contributed by atoms with van der Waals surface area (Å²) in [6.07, 6.45) is 0. The van der Waals surface area contributed by atoms with Crippen LogP contribution in [0.4, 0.5) is 11.4 Å². The minimum atomic E-state index is -4.02. The topological polar surface area (TPSA) is 121 Å². The van der Waals surface area contributed by atoms with Crippen molar-refractivity contribution in [2.75, 3.05) is 10.0 Å². The van der Waals surface area contributed by atoms with Gasteiger partial charge in [-0.15, -0.1) is 0 Å². The van der Waals surface area contributed by atoms with Crippen molar-refractivity contribution in [1.82, 2.24) is 5.32 Å². The lowest BCUT2D eigenvalue weighted by molar-refractivity contribution is 0.0878. The fourth-order valence-corrected chi connectivity index (χ4v) is 4.79. The molecule has 0 atom stereocenters. The van der Waals surface area contributed by atoms with Crippen LogP contribution < -0.4 is 15.4 Å². The molecule has 0 unspecified atom stereocenters. The van der Waals surface area contributed by atoms with E-state index in [0.717, 1.165) is 0 Å². The summed E-state index contributed by atoms with van der Waals surface area (Å²) in [4.78, 5) is 35.5. The molecule has 2 aliphatic rings. The summed E-state index contributed by atoms with van der Waals surface area (Å²) in [5.41, 5.74) is 1.43. The minimum Gasteiger partial charge on any atom is -0.321 e. The molecule has 0 saturated heterocycles. The Morgan fingerprint density at radius 3 is 2.32 bits per heavy atom. The molecule has 2 aliphatic heterocycles. The molecule has 3 aromatic carbocycles. The van der Waals surface area contributed by atoms with Crippen LogP contribution >= 0.6 is 0 Å². The second-order valence-electron chi connectivity index (χ2n) is 6.44. The number of carbonyl (C=O) groups excluding carboxylic acids is 3. The van der Waals surface area contributed by atoms with E-state index in [2.05, 4.69) is 15.4 Å². The number of carbonyl (C=O) groups is 3. The van der Waals surface area contributed by atoms with Gasteiger partial charge in [-0.05, 0) is 36.4 Å². The molecule has 28 heavy (non-hydrogen) atoms. The van der Waals surface area contributed by atoms with E-state index < -0.39 is 21.8 Å². The first-order valence-electron chi connectivity index (χ1n) is 8.25. The van der Waals surface area contributed by atoms with E-state index >= 15 is 0 Å². The number of fused-ring (bicyclic) bond motifs is 1. The highest BCUT2D eigenvalue weighted by Crippen LogP contribution is 2.37. The van der Waals surface area contributed by atoms with Gasteiger partial charge in [-0.3, -0.25) is 24.4 Å². The van der Waals surface area contributed by atoms with E-state index in [1.165, 1.54) is 24.3 Å². The molecule has 0 spiro atoms. The van der Waals surface area contributed by atoms with E-state index in [9.17, 15) is 22.8 Å². The zero-order chi connectivity index (χ0) is 19.6. The van der Waals surface area contributed by atoms with Gasteiger partial charge in [0, 0.05) is 27.7 Å². The van der Waals surface area contributed by atoms with Gasteiger partial charge in [0.1, 0.15) is 0 Å². The molecule has 5 rings (SSSR count). The summed E-state index contributed by atoms with van der Waals surface area (Å²) in [5, 5.41) is 5.83. The average Bonchev–Trinajstić information content (AvgIpc) is 3.13. The molecular weight excluding hydrogens is 382 g/mol. The Labute approximate surface area is 158 Å². The van der Waals surface area contributed by atoms with Gasteiger partial charge in [0.25, 0.3) is 27.7 Å². The first-order chi connectivity index (χ1) is 13.3. The Morgan fingerprint density at radius 1 is 0.750 bits per heavy atom. The molecular formula is C19H11N3O5S. The van der Waals surface area contributed by atoms with Crippen LogP contribution in [0.3, 0.4) is 0 Å². The van der Waals surface area contributed by atoms with E-state index in [1.54, 1.807) is 24.3 Å². The maximum Gasteiger partial charge on any atom is 0.262 e. The monoisotopic (exact) mass is 393 g/mol. The van der Waals surface area contributed by atoms with E-state index in [1.807, 2.05) is 0 Å². The zero-order valence-corrected chi connectivity index (χ0v) is 14.9. The van der Waals surface area contributed by atoms with Crippen molar-refractivity contribution in [3.8, 4) is 0 Å². The van der Waals surface area contributed by atoms with Crippen molar-refractivity contribution in [3.05, 3.63) is 65.2 Å². The third kappa shape index (κ3) is 2.23. The lowest BCUT2D eigenvalue weighted by Gasteiger charge is -2.12. The van der Waals surface area contributed by atoms with Crippen molar-refractivity contribution >= 4 is 49.9 Å². The van der Waals surface area contributed by atoms with Crippen LogP contribution in [0, 0.1) is 0 Å². The fraction of sp³-hybridized carbons (Fsp3) is 0. The highest BCUT2D eigenvalue weighted by molar-refractivity contribution is 7.93. The fourth-order valence-electron chi connectivity index (χ4n) is 3.54. The van der Waals surface area contributed by atoms with Gasteiger partial charge in [-0.1, -0.05) is 12.1 Å². The van der Waals surface area contributed by atoms with Gasteiger partial charge >= 0.3 is 0 Å². The smallest absolute Gasteiger partial charge is 0.262 e. The van der Waals surface area contributed by atoms with Crippen LogP contribution in [-0.4, -0.2) is 26.1 Å². The highest BCUT2D eigenvalue weighted by Gasteiger charge is 2.29. The molecule has 0 saturated carbocycles. The summed E-state index contributed by atoms with van der Waals surface area (Å²) in [6, 6.07) is 12.0. The Morgan fingerprint density at radius 2 is 1.50 bits per heavy atom. The minimum absolute atomic E-state index is 0.00521. The molecule has 8 nitrogen and oxygen atoms in total. The molecule has 0 bridgehead atoms. The van der Waals surface area contributed by atoms with Crippen LogP contribution in [0.15, 0.2) is 53.4 Å². The maximum absolute atomic E-state index is 13.0. The number of hydrogen-bond donors (Lipinski definition) is 3. The highest BCUT2D eigenvalue weighted by atomic mass is 32.2. The Kier molecular flexibility index (Phi) is 3.17. The second-order valence-corrected chi connectivity index (χ2v) is 8.09. The average molecular weight is 393 g/mol. The molecule has 0 fully saturated rings. The number of sulfonamides is 1. The van der Waals surface area contributed by atoms with Crippen LogP contribution in [0.25, 0.3) is 10.8 Å². The first kappa shape index (κ1) is 16.5. The van der Waals surface area contributed by atoms with Gasteiger partial charge in [0.05, 0.1) is 16.0 Å². The molecule has 2 heterocycles. The van der Waals surface area contributed by atoms with Crippen LogP contribution in [0.2, 0.25) is 0 Å². The van der Waals surface area contributed by atoms with Crippen molar-refractivity contribution in [1.29, 1.82) is 0 Å². The Balaban J connectivity index is 1.61. The number of benzene rings is 3. The van der Waals surface area contributed by atoms with Crippen molar-refractivity contribution in [2.45, 2.75) is 4.90 Å². The van der Waals surface area contributed by atoms with E-state index in [0.29, 0.717) is 22.0 Å². The summed E-state index contributed by atoms with van der Waals surface area (Å²) < 4.78 is 28.4. The van der Waals surface area contributed by atoms with Gasteiger partial charge in [-0.2, -0.15) is 0 Å². The SMILES string of the molecule is O=C1NC(=O)c2cc(NS(=O)(=O)c3ccc4c5c(cccc35)C(=O)N4)ccc21. The number of hydrogen-bond acceptors (Lipinski definition) is 5. The van der Waals surface area contributed by atoms with Crippen LogP contribution in [0.1, 0.15) is 31.1 Å². The second kappa shape index (κ2) is 5.40. The van der Waals surface area contributed by atoms with Crippen LogP contribution in [0.5, 0.6) is 0 Å². The summed E-state index contributed by atoms with van der Waals surface area (Å²) in [6.45, 7) is 0. The Hall–Kier alpha value is -3.72. The first-order valence-corrected chi connectivity index (χ1v) is 9.73. The normalized spacial score (nSPS) is 14.8. The molecule has 0 radical (unpaired) electrons. The standard InChI is InChI=1S/C19H11N3O5S/c23-17-10-5-4-9(8-13(10)19(25)21-17)22-28(26,27)15-7-6-14-16-11(15)2-1-3-12(16)18(24)20-14/h1-8,22H,(H,20,24)(H,21,23,25). The van der Waals surface area contributed by atoms with Gasteiger partial charge < -0.3 is 5.32 Å². The van der Waals surface area contributed by atoms with Crippen molar-refractivity contribution in [2.24, 2.45) is 0 Å². The lowest BCUT2D eigenvalue weighted by atomic mass is 10.1. The molecule has 138 valence electrons. The van der Waals surface area contributed by atoms with Crippen molar-refractivity contribution in [3.63, 3.8) is 0 Å². The maximum atomic E-state index is 13.0. The molecule has 3 amide bonds. The molecule has 3 aromatic rings. The predicted octanol–water partition coefficient (Wildman–Crippen LogP) is 2.09. The van der Waals surface area contributed by atoms with E-state index in [4.69, 9.17) is 0 Å². The summed E-state index contributed by atoms with van der Waals surface area (Å²) in [5.74, 6) is -1.37. The van der Waals surface area contributed by atoms with Gasteiger partial charge in [0.15, 0.2) is 0 Å². The predicted molar refractivity (Wildman–Crippen MR) is 101 cm³/mol. The third-order valence-electron chi connectivity index (χ3n) is 4.77. The Bertz CT molecular complexity index is 1360. The van der Waals surface area contributed by atoms with Crippen LogP contribution in [-0.2, 0) is 10.0 Å². The number of imide groups is 1. The number of amides is 3. The number of rotatable bonds is 3. The van der Waals surface area contributed by atoms with Gasteiger partial charge in [0.2, 0.25) is 0 Å². The summed E-state index contributed by atoms with van der Waals surface area (Å²) >= 11 is 0. The molecule has 0 aliphatic carbocycles. The quantitative estimate of drug-likeness (QED) is 0.588. The molecule has 0 aromatic heterocycles.